The fraction of sp³-hybridized carbons (Fsp3) is 0.931. The van der Waals surface area contributed by atoms with Crippen molar-refractivity contribution in [1.29, 1.82) is 0 Å². The van der Waals surface area contributed by atoms with Crippen molar-refractivity contribution in [3.05, 3.63) is 0 Å². The predicted molar refractivity (Wildman–Crippen MR) is 138 cm³/mol. The van der Waals surface area contributed by atoms with Gasteiger partial charge in [0.2, 0.25) is 0 Å². The van der Waals surface area contributed by atoms with Gasteiger partial charge < -0.3 is 10.5 Å². The third-order valence-corrected chi connectivity index (χ3v) is 11.2. The molecule has 1 saturated heterocycles. The molecule has 0 amide bonds. The van der Waals surface area contributed by atoms with Crippen LogP contribution in [0.3, 0.4) is 0 Å². The lowest BCUT2D eigenvalue weighted by atomic mass is 9.52. The van der Waals surface area contributed by atoms with Crippen molar-refractivity contribution in [2.24, 2.45) is 57.0 Å². The van der Waals surface area contributed by atoms with Crippen LogP contribution in [0.2, 0.25) is 0 Å². The van der Waals surface area contributed by atoms with Gasteiger partial charge in [-0.25, -0.2) is 0 Å². The van der Waals surface area contributed by atoms with Gasteiger partial charge >= 0.3 is 11.9 Å². The van der Waals surface area contributed by atoms with E-state index in [1.54, 1.807) is 0 Å². The standard InChI is InChI=1S/C29H55NO3/c1-18(2)25(6,7)16-19(3)27(10,11)26(8,9)17-20(4)29(14,30)28(12,13)21(5)22-15-23(31)33-24(22)32/h18-22H,15-17,30H2,1-14H3. The Morgan fingerprint density at radius 2 is 1.30 bits per heavy atom. The van der Waals surface area contributed by atoms with E-state index >= 15 is 0 Å². The van der Waals surface area contributed by atoms with Gasteiger partial charge in [0.1, 0.15) is 0 Å². The lowest BCUT2D eigenvalue weighted by Gasteiger charge is -2.54. The summed E-state index contributed by atoms with van der Waals surface area (Å²) in [5.74, 6) is 0.144. The van der Waals surface area contributed by atoms with E-state index in [1.165, 1.54) is 6.42 Å². The summed E-state index contributed by atoms with van der Waals surface area (Å²) in [7, 11) is 0. The zero-order chi connectivity index (χ0) is 26.4. The molecule has 0 spiro atoms. The van der Waals surface area contributed by atoms with E-state index in [0.717, 1.165) is 6.42 Å². The SMILES string of the molecule is CC(C)C(C)(C)CC(C)C(C)(C)C(C)(C)CC(C)C(C)(N)C(C)(C)C(C)C1CC(=O)OC1=O. The minimum Gasteiger partial charge on any atom is -0.393 e. The first-order chi connectivity index (χ1) is 14.5. The average molecular weight is 466 g/mol. The molecule has 1 heterocycles. The Kier molecular flexibility index (Phi) is 8.79. The molecule has 33 heavy (non-hydrogen) atoms. The van der Waals surface area contributed by atoms with Crippen molar-refractivity contribution < 1.29 is 14.3 Å². The Hall–Kier alpha value is -0.900. The monoisotopic (exact) mass is 465 g/mol. The first kappa shape index (κ1) is 30.1. The second kappa shape index (κ2) is 9.63. The van der Waals surface area contributed by atoms with Gasteiger partial charge in [-0.15, -0.1) is 0 Å². The fourth-order valence-electron chi connectivity index (χ4n) is 5.69. The molecule has 1 rings (SSSR count). The number of rotatable bonds is 11. The summed E-state index contributed by atoms with van der Waals surface area (Å²) >= 11 is 0. The van der Waals surface area contributed by atoms with Crippen molar-refractivity contribution in [2.45, 2.75) is 122 Å². The molecule has 0 radical (unpaired) electrons. The Bertz CT molecular complexity index is 714. The number of ether oxygens (including phenoxy) is 1. The molecule has 5 atom stereocenters. The lowest BCUT2D eigenvalue weighted by Crippen LogP contribution is -2.60. The van der Waals surface area contributed by atoms with Crippen LogP contribution in [0.25, 0.3) is 0 Å². The summed E-state index contributed by atoms with van der Waals surface area (Å²) < 4.78 is 4.85. The van der Waals surface area contributed by atoms with Crippen LogP contribution in [0.1, 0.15) is 116 Å². The molecule has 5 unspecified atom stereocenters. The van der Waals surface area contributed by atoms with Gasteiger partial charge in [-0.2, -0.15) is 0 Å². The maximum absolute atomic E-state index is 12.3. The van der Waals surface area contributed by atoms with E-state index in [2.05, 4.69) is 90.0 Å². The Morgan fingerprint density at radius 1 is 0.818 bits per heavy atom. The number of hydrogen-bond donors (Lipinski definition) is 1. The van der Waals surface area contributed by atoms with Gasteiger partial charge in [-0.3, -0.25) is 9.59 Å². The Morgan fingerprint density at radius 3 is 1.70 bits per heavy atom. The molecule has 1 aliphatic rings. The van der Waals surface area contributed by atoms with Gasteiger partial charge in [0.05, 0.1) is 12.3 Å². The Balaban J connectivity index is 3.10. The number of nitrogens with two attached hydrogens (primary N) is 1. The van der Waals surface area contributed by atoms with Gasteiger partial charge in [-0.1, -0.05) is 90.0 Å². The first-order valence-corrected chi connectivity index (χ1v) is 13.1. The van der Waals surface area contributed by atoms with E-state index in [1.807, 2.05) is 6.92 Å². The number of hydrogen-bond acceptors (Lipinski definition) is 4. The molecular weight excluding hydrogens is 410 g/mol. The average Bonchev–Trinajstić information content (AvgIpc) is 2.97. The van der Waals surface area contributed by atoms with Crippen LogP contribution in [0.5, 0.6) is 0 Å². The van der Waals surface area contributed by atoms with Gasteiger partial charge in [0, 0.05) is 5.54 Å². The molecule has 1 aliphatic heterocycles. The molecule has 0 saturated carbocycles. The van der Waals surface area contributed by atoms with Crippen molar-refractivity contribution in [3.63, 3.8) is 0 Å². The largest absolute Gasteiger partial charge is 0.393 e. The van der Waals surface area contributed by atoms with Crippen LogP contribution in [-0.2, 0) is 14.3 Å². The number of esters is 2. The highest BCUT2D eigenvalue weighted by Gasteiger charge is 2.53. The van der Waals surface area contributed by atoms with Crippen molar-refractivity contribution in [2.75, 3.05) is 0 Å². The first-order valence-electron chi connectivity index (χ1n) is 13.1. The minimum absolute atomic E-state index is 0.0595. The predicted octanol–water partition coefficient (Wildman–Crippen LogP) is 7.24. The maximum atomic E-state index is 12.3. The summed E-state index contributed by atoms with van der Waals surface area (Å²) in [6.45, 7) is 32.2. The number of carbonyl (C=O) groups excluding carboxylic acids is 2. The van der Waals surface area contributed by atoms with Gasteiger partial charge in [0.25, 0.3) is 0 Å². The number of carbonyl (C=O) groups is 2. The van der Waals surface area contributed by atoms with Crippen LogP contribution in [0, 0.1) is 51.2 Å². The molecule has 4 nitrogen and oxygen atoms in total. The highest BCUT2D eigenvalue weighted by Crippen LogP contribution is 2.55. The summed E-state index contributed by atoms with van der Waals surface area (Å²) in [4.78, 5) is 24.0. The van der Waals surface area contributed by atoms with Gasteiger partial charge in [0.15, 0.2) is 0 Å². The third-order valence-electron chi connectivity index (χ3n) is 11.2. The zero-order valence-corrected chi connectivity index (χ0v) is 24.3. The smallest absolute Gasteiger partial charge is 0.317 e. The minimum atomic E-state index is -0.522. The second-order valence-electron chi connectivity index (χ2n) is 14.4. The molecule has 4 heteroatoms. The Labute approximate surface area is 205 Å². The molecule has 0 bridgehead atoms. The van der Waals surface area contributed by atoms with Crippen molar-refractivity contribution >= 4 is 11.9 Å². The van der Waals surface area contributed by atoms with Crippen LogP contribution < -0.4 is 5.73 Å². The van der Waals surface area contributed by atoms with Crippen LogP contribution in [-0.4, -0.2) is 17.5 Å². The normalized spacial score (nSPS) is 23.3. The van der Waals surface area contributed by atoms with E-state index in [-0.39, 0.29) is 34.5 Å². The lowest BCUT2D eigenvalue weighted by molar-refractivity contribution is -0.154. The highest BCUT2D eigenvalue weighted by atomic mass is 16.6. The topological polar surface area (TPSA) is 69.4 Å². The fourth-order valence-corrected chi connectivity index (χ4v) is 5.69. The van der Waals surface area contributed by atoms with Crippen LogP contribution >= 0.6 is 0 Å². The van der Waals surface area contributed by atoms with Crippen LogP contribution in [0.4, 0.5) is 0 Å². The van der Waals surface area contributed by atoms with Gasteiger partial charge in [-0.05, 0) is 65.1 Å². The quantitative estimate of drug-likeness (QED) is 0.258. The van der Waals surface area contributed by atoms with Crippen LogP contribution in [0.15, 0.2) is 0 Å². The van der Waals surface area contributed by atoms with Crippen molar-refractivity contribution in [3.8, 4) is 0 Å². The van der Waals surface area contributed by atoms with E-state index in [0.29, 0.717) is 17.3 Å². The molecule has 0 aromatic rings. The molecule has 194 valence electrons. The van der Waals surface area contributed by atoms with E-state index in [9.17, 15) is 9.59 Å². The molecule has 1 fully saturated rings. The molecular formula is C29H55NO3. The highest BCUT2D eigenvalue weighted by molar-refractivity contribution is 5.94. The summed E-state index contributed by atoms with van der Waals surface area (Å²) in [5.41, 5.74) is 6.73. The molecule has 0 aromatic heterocycles. The van der Waals surface area contributed by atoms with Crippen molar-refractivity contribution in [1.82, 2.24) is 0 Å². The van der Waals surface area contributed by atoms with E-state index in [4.69, 9.17) is 10.5 Å². The summed E-state index contributed by atoms with van der Waals surface area (Å²) in [5, 5.41) is 0. The molecule has 2 N–H and O–H groups in total. The zero-order valence-electron chi connectivity index (χ0n) is 24.3. The third kappa shape index (κ3) is 5.85. The molecule has 0 aliphatic carbocycles. The summed E-state index contributed by atoms with van der Waals surface area (Å²) in [6.07, 6.45) is 2.34. The second-order valence-corrected chi connectivity index (χ2v) is 14.4. The maximum Gasteiger partial charge on any atom is 0.317 e. The summed E-state index contributed by atoms with van der Waals surface area (Å²) in [6, 6.07) is 0. The van der Waals surface area contributed by atoms with E-state index < -0.39 is 23.4 Å². The molecule has 0 aromatic carbocycles. The number of cyclic esters (lactones) is 2.